The molecule has 1 aliphatic rings. The number of carbonyl (C=O) groups is 1. The average Bonchev–Trinajstić information content (AvgIpc) is 3.26. The van der Waals surface area contributed by atoms with E-state index in [9.17, 15) is 4.79 Å². The third kappa shape index (κ3) is 3.61. The maximum absolute atomic E-state index is 12.3. The molecule has 1 unspecified atom stereocenters. The van der Waals surface area contributed by atoms with Crippen LogP contribution < -0.4 is 10.1 Å². The number of hydrogen-bond donors (Lipinski definition) is 1. The molecular formula is C19H21N5O2. The van der Waals surface area contributed by atoms with Gasteiger partial charge in [0.15, 0.2) is 12.3 Å². The molecule has 7 heteroatoms. The van der Waals surface area contributed by atoms with Gasteiger partial charge >= 0.3 is 0 Å². The molecule has 1 aliphatic heterocycles. The minimum Gasteiger partial charge on any atom is -0.484 e. The zero-order chi connectivity index (χ0) is 17.9. The van der Waals surface area contributed by atoms with Crippen molar-refractivity contribution in [2.24, 2.45) is 0 Å². The van der Waals surface area contributed by atoms with Gasteiger partial charge in [-0.3, -0.25) is 4.79 Å². The monoisotopic (exact) mass is 351 g/mol. The van der Waals surface area contributed by atoms with Crippen molar-refractivity contribution in [3.05, 3.63) is 54.4 Å². The van der Waals surface area contributed by atoms with Crippen LogP contribution in [0.25, 0.3) is 5.65 Å². The molecule has 2 aromatic heterocycles. The SMILES string of the molecule is Cc1cn2nc(NC3CCN(C(=O)COc4ccccc4)C3)ccc2n1. The Kier molecular flexibility index (Phi) is 4.43. The molecule has 26 heavy (non-hydrogen) atoms. The second kappa shape index (κ2) is 7.03. The van der Waals surface area contributed by atoms with E-state index in [1.54, 1.807) is 4.52 Å². The highest BCUT2D eigenvalue weighted by molar-refractivity contribution is 5.78. The van der Waals surface area contributed by atoms with Crippen LogP contribution in [0.1, 0.15) is 12.1 Å². The Balaban J connectivity index is 1.31. The standard InChI is InChI=1S/C19H21N5O2/c1-14-11-24-18(20-14)8-7-17(22-24)21-15-9-10-23(12-15)19(25)13-26-16-5-3-2-4-6-16/h2-8,11,15H,9-10,12-13H2,1H3,(H,21,22). The summed E-state index contributed by atoms with van der Waals surface area (Å²) in [5, 5.41) is 7.93. The van der Waals surface area contributed by atoms with Gasteiger partial charge in [-0.15, -0.1) is 5.10 Å². The number of nitrogens with one attached hydrogen (secondary N) is 1. The largest absolute Gasteiger partial charge is 0.484 e. The summed E-state index contributed by atoms with van der Waals surface area (Å²) in [5.41, 5.74) is 1.76. The van der Waals surface area contributed by atoms with Gasteiger partial charge in [0, 0.05) is 19.1 Å². The number of imidazole rings is 1. The van der Waals surface area contributed by atoms with Crippen molar-refractivity contribution in [2.45, 2.75) is 19.4 Å². The number of para-hydroxylation sites is 1. The van der Waals surface area contributed by atoms with Gasteiger partial charge in [0.25, 0.3) is 5.91 Å². The molecule has 0 bridgehead atoms. The quantitative estimate of drug-likeness (QED) is 0.762. The van der Waals surface area contributed by atoms with Crippen LogP contribution in [-0.2, 0) is 4.79 Å². The zero-order valence-electron chi connectivity index (χ0n) is 14.6. The fourth-order valence-electron chi connectivity index (χ4n) is 3.14. The van der Waals surface area contributed by atoms with Gasteiger partial charge in [-0.1, -0.05) is 18.2 Å². The lowest BCUT2D eigenvalue weighted by molar-refractivity contribution is -0.132. The Labute approximate surface area is 151 Å². The highest BCUT2D eigenvalue weighted by Gasteiger charge is 2.26. The summed E-state index contributed by atoms with van der Waals surface area (Å²) in [5.74, 6) is 1.50. The second-order valence-electron chi connectivity index (χ2n) is 6.48. The number of rotatable bonds is 5. The minimum absolute atomic E-state index is 0.00630. The van der Waals surface area contributed by atoms with Crippen molar-refractivity contribution in [2.75, 3.05) is 25.0 Å². The first-order valence-corrected chi connectivity index (χ1v) is 8.72. The van der Waals surface area contributed by atoms with E-state index in [1.165, 1.54) is 0 Å². The molecule has 1 atom stereocenters. The van der Waals surface area contributed by atoms with E-state index in [2.05, 4.69) is 15.4 Å². The number of anilines is 1. The van der Waals surface area contributed by atoms with Crippen molar-refractivity contribution in [3.8, 4) is 5.75 Å². The van der Waals surface area contributed by atoms with E-state index >= 15 is 0 Å². The lowest BCUT2D eigenvalue weighted by atomic mass is 10.2. The third-order valence-corrected chi connectivity index (χ3v) is 4.44. The molecule has 1 saturated heterocycles. The number of ether oxygens (including phenoxy) is 1. The van der Waals surface area contributed by atoms with Crippen molar-refractivity contribution >= 4 is 17.4 Å². The average molecular weight is 351 g/mol. The maximum Gasteiger partial charge on any atom is 0.260 e. The van der Waals surface area contributed by atoms with Gasteiger partial charge in [0.1, 0.15) is 11.6 Å². The summed E-state index contributed by atoms with van der Waals surface area (Å²) in [4.78, 5) is 18.5. The Morgan fingerprint density at radius 2 is 2.12 bits per heavy atom. The number of aryl methyl sites for hydroxylation is 1. The van der Waals surface area contributed by atoms with E-state index in [1.807, 2.05) is 60.5 Å². The van der Waals surface area contributed by atoms with Gasteiger partial charge in [-0.25, -0.2) is 9.50 Å². The van der Waals surface area contributed by atoms with Crippen molar-refractivity contribution in [1.29, 1.82) is 0 Å². The van der Waals surface area contributed by atoms with E-state index in [0.717, 1.165) is 30.1 Å². The summed E-state index contributed by atoms with van der Waals surface area (Å²) in [6.45, 7) is 3.38. The fraction of sp³-hybridized carbons (Fsp3) is 0.316. The second-order valence-corrected chi connectivity index (χ2v) is 6.48. The van der Waals surface area contributed by atoms with Crippen LogP contribution in [-0.4, -0.2) is 51.1 Å². The molecule has 1 aromatic carbocycles. The molecule has 0 aliphatic carbocycles. The highest BCUT2D eigenvalue weighted by atomic mass is 16.5. The number of likely N-dealkylation sites (tertiary alicyclic amines) is 1. The summed E-state index contributed by atoms with van der Waals surface area (Å²) < 4.78 is 7.32. The molecular weight excluding hydrogens is 330 g/mol. The number of benzene rings is 1. The predicted octanol–water partition coefficient (Wildman–Crippen LogP) is 2.13. The third-order valence-electron chi connectivity index (χ3n) is 4.44. The predicted molar refractivity (Wildman–Crippen MR) is 98.3 cm³/mol. The number of hydrogen-bond acceptors (Lipinski definition) is 5. The van der Waals surface area contributed by atoms with Gasteiger partial charge < -0.3 is 15.0 Å². The molecule has 134 valence electrons. The minimum atomic E-state index is 0.00630. The van der Waals surface area contributed by atoms with Gasteiger partial charge in [0.05, 0.1) is 11.9 Å². The van der Waals surface area contributed by atoms with Gasteiger partial charge in [-0.2, -0.15) is 0 Å². The summed E-state index contributed by atoms with van der Waals surface area (Å²) in [7, 11) is 0. The molecule has 0 saturated carbocycles. The number of aromatic nitrogens is 3. The number of nitrogens with zero attached hydrogens (tertiary/aromatic N) is 4. The summed E-state index contributed by atoms with van der Waals surface area (Å²) in [6, 6.07) is 13.4. The first-order chi connectivity index (χ1) is 12.7. The fourth-order valence-corrected chi connectivity index (χ4v) is 3.14. The first-order valence-electron chi connectivity index (χ1n) is 8.72. The van der Waals surface area contributed by atoms with E-state index in [-0.39, 0.29) is 18.6 Å². The molecule has 3 aromatic rings. The number of amides is 1. The molecule has 4 rings (SSSR count). The Bertz CT molecular complexity index is 909. The van der Waals surface area contributed by atoms with E-state index in [0.29, 0.717) is 12.3 Å². The molecule has 1 amide bonds. The molecule has 1 fully saturated rings. The van der Waals surface area contributed by atoms with Crippen LogP contribution in [0, 0.1) is 6.92 Å². The topological polar surface area (TPSA) is 71.8 Å². The maximum atomic E-state index is 12.3. The van der Waals surface area contributed by atoms with Crippen LogP contribution in [0.2, 0.25) is 0 Å². The summed E-state index contributed by atoms with van der Waals surface area (Å²) >= 11 is 0. The number of fused-ring (bicyclic) bond motifs is 1. The van der Waals surface area contributed by atoms with Crippen molar-refractivity contribution < 1.29 is 9.53 Å². The van der Waals surface area contributed by atoms with Crippen molar-refractivity contribution in [1.82, 2.24) is 19.5 Å². The molecule has 3 heterocycles. The lowest BCUT2D eigenvalue weighted by Gasteiger charge is -2.17. The van der Waals surface area contributed by atoms with Crippen LogP contribution >= 0.6 is 0 Å². The first kappa shape index (κ1) is 16.4. The normalized spacial score (nSPS) is 16.8. The van der Waals surface area contributed by atoms with Crippen LogP contribution in [0.3, 0.4) is 0 Å². The van der Waals surface area contributed by atoms with E-state index in [4.69, 9.17) is 4.74 Å². The van der Waals surface area contributed by atoms with Crippen molar-refractivity contribution in [3.63, 3.8) is 0 Å². The molecule has 7 nitrogen and oxygen atoms in total. The van der Waals surface area contributed by atoms with E-state index < -0.39 is 0 Å². The summed E-state index contributed by atoms with van der Waals surface area (Å²) in [6.07, 6.45) is 2.78. The highest BCUT2D eigenvalue weighted by Crippen LogP contribution is 2.16. The molecule has 0 radical (unpaired) electrons. The Morgan fingerprint density at radius 1 is 1.27 bits per heavy atom. The lowest BCUT2D eigenvalue weighted by Crippen LogP contribution is -2.35. The van der Waals surface area contributed by atoms with Gasteiger partial charge in [-0.05, 0) is 37.6 Å². The number of carbonyl (C=O) groups excluding carboxylic acids is 1. The Hall–Kier alpha value is -3.09. The zero-order valence-corrected chi connectivity index (χ0v) is 14.6. The molecule has 1 N–H and O–H groups in total. The van der Waals surface area contributed by atoms with Crippen LogP contribution in [0.15, 0.2) is 48.7 Å². The van der Waals surface area contributed by atoms with Crippen LogP contribution in [0.4, 0.5) is 5.82 Å². The Morgan fingerprint density at radius 3 is 2.96 bits per heavy atom. The van der Waals surface area contributed by atoms with Crippen LogP contribution in [0.5, 0.6) is 5.75 Å². The smallest absolute Gasteiger partial charge is 0.260 e. The van der Waals surface area contributed by atoms with Gasteiger partial charge in [0.2, 0.25) is 0 Å². The molecule has 0 spiro atoms.